The van der Waals surface area contributed by atoms with E-state index in [-0.39, 0.29) is 5.91 Å². The summed E-state index contributed by atoms with van der Waals surface area (Å²) in [7, 11) is 0. The molecule has 1 aromatic heterocycles. The lowest BCUT2D eigenvalue weighted by molar-refractivity contribution is -0.116. The van der Waals surface area contributed by atoms with Crippen molar-refractivity contribution in [1.82, 2.24) is 9.55 Å². The summed E-state index contributed by atoms with van der Waals surface area (Å²) in [5.74, 6) is 0.309. The fourth-order valence-corrected chi connectivity index (χ4v) is 1.74. The number of anilines is 1. The van der Waals surface area contributed by atoms with Gasteiger partial charge in [-0.15, -0.1) is 0 Å². The molecule has 0 aliphatic rings. The molecule has 0 spiro atoms. The van der Waals surface area contributed by atoms with E-state index in [4.69, 9.17) is 5.26 Å². The van der Waals surface area contributed by atoms with Crippen LogP contribution in [0.4, 0.5) is 5.82 Å². The first-order valence-corrected chi connectivity index (χ1v) is 6.48. The van der Waals surface area contributed by atoms with E-state index in [1.807, 2.05) is 6.92 Å². The van der Waals surface area contributed by atoms with E-state index in [1.54, 1.807) is 10.9 Å². The van der Waals surface area contributed by atoms with E-state index >= 15 is 0 Å². The maximum Gasteiger partial charge on any atom is 0.225 e. The highest BCUT2D eigenvalue weighted by Gasteiger charge is 2.12. The van der Waals surface area contributed by atoms with Crippen molar-refractivity contribution >= 4 is 11.7 Å². The fourth-order valence-electron chi connectivity index (χ4n) is 1.74. The molecule has 1 N–H and O–H groups in total. The second-order valence-electron chi connectivity index (χ2n) is 4.20. The van der Waals surface area contributed by atoms with Crippen LogP contribution >= 0.6 is 0 Å². The molecule has 0 fully saturated rings. The van der Waals surface area contributed by atoms with E-state index < -0.39 is 0 Å². The molecular weight excluding hydrogens is 228 g/mol. The van der Waals surface area contributed by atoms with Gasteiger partial charge in [0.1, 0.15) is 6.07 Å². The Morgan fingerprint density at radius 1 is 1.44 bits per heavy atom. The minimum Gasteiger partial charge on any atom is -0.321 e. The van der Waals surface area contributed by atoms with Gasteiger partial charge in [-0.3, -0.25) is 4.79 Å². The van der Waals surface area contributed by atoms with Crippen molar-refractivity contribution < 1.29 is 4.79 Å². The fraction of sp³-hybridized carbons (Fsp3) is 0.615. The van der Waals surface area contributed by atoms with Gasteiger partial charge in [0.05, 0.1) is 6.33 Å². The van der Waals surface area contributed by atoms with Crippen molar-refractivity contribution in [2.45, 2.75) is 52.5 Å². The first kappa shape index (κ1) is 14.2. The Hall–Kier alpha value is -1.83. The molecule has 0 aliphatic heterocycles. The van der Waals surface area contributed by atoms with Gasteiger partial charge in [0.25, 0.3) is 0 Å². The standard InChI is InChI=1S/C13H20N4O/c1-3-5-6-7-8-12(18)16-13-11(9-14)17(4-2)10-15-13/h10H,3-8H2,1-2H3,(H,16,18). The number of imidazole rings is 1. The highest BCUT2D eigenvalue weighted by atomic mass is 16.1. The summed E-state index contributed by atoms with van der Waals surface area (Å²) >= 11 is 0. The van der Waals surface area contributed by atoms with Crippen LogP contribution in [0, 0.1) is 11.3 Å². The first-order valence-electron chi connectivity index (χ1n) is 6.48. The van der Waals surface area contributed by atoms with Gasteiger partial charge in [-0.05, 0) is 13.3 Å². The number of rotatable bonds is 7. The number of hydrogen-bond acceptors (Lipinski definition) is 3. The quantitative estimate of drug-likeness (QED) is 0.754. The maximum absolute atomic E-state index is 11.7. The average Bonchev–Trinajstić information content (AvgIpc) is 2.76. The van der Waals surface area contributed by atoms with Crippen LogP contribution in [0.1, 0.15) is 51.6 Å². The lowest BCUT2D eigenvalue weighted by atomic mass is 10.1. The first-order chi connectivity index (χ1) is 8.72. The molecule has 0 radical (unpaired) electrons. The summed E-state index contributed by atoms with van der Waals surface area (Å²) in [5.41, 5.74) is 0.416. The van der Waals surface area contributed by atoms with Crippen molar-refractivity contribution in [2.24, 2.45) is 0 Å². The molecule has 1 heterocycles. The number of nitrogens with zero attached hydrogens (tertiary/aromatic N) is 3. The summed E-state index contributed by atoms with van der Waals surface area (Å²) in [6, 6.07) is 2.06. The third kappa shape index (κ3) is 3.88. The molecule has 0 bridgehead atoms. The molecule has 1 aromatic rings. The lowest BCUT2D eigenvalue weighted by Crippen LogP contribution is -2.12. The van der Waals surface area contributed by atoms with E-state index in [1.165, 1.54) is 0 Å². The minimum atomic E-state index is -0.0658. The molecule has 0 unspecified atom stereocenters. The van der Waals surface area contributed by atoms with E-state index in [2.05, 4.69) is 23.3 Å². The second kappa shape index (κ2) is 7.49. The normalized spacial score (nSPS) is 10.1. The Kier molecular flexibility index (Phi) is 5.92. The van der Waals surface area contributed by atoms with Crippen LogP contribution in [0.15, 0.2) is 6.33 Å². The minimum absolute atomic E-state index is 0.0658. The summed E-state index contributed by atoms with van der Waals surface area (Å²) in [5, 5.41) is 11.7. The predicted octanol–water partition coefficient (Wildman–Crippen LogP) is 2.68. The van der Waals surface area contributed by atoms with Gasteiger partial charge in [0.2, 0.25) is 5.91 Å². The van der Waals surface area contributed by atoms with Crippen LogP contribution in [-0.4, -0.2) is 15.5 Å². The van der Waals surface area contributed by atoms with Gasteiger partial charge in [-0.2, -0.15) is 5.26 Å². The van der Waals surface area contributed by atoms with Crippen molar-refractivity contribution in [2.75, 3.05) is 5.32 Å². The number of nitrogens with one attached hydrogen (secondary N) is 1. The maximum atomic E-state index is 11.7. The zero-order valence-electron chi connectivity index (χ0n) is 11.1. The number of carbonyl (C=O) groups is 1. The number of hydrogen-bond donors (Lipinski definition) is 1. The summed E-state index contributed by atoms with van der Waals surface area (Å²) in [4.78, 5) is 15.7. The van der Waals surface area contributed by atoms with Gasteiger partial charge in [-0.1, -0.05) is 26.2 Å². The lowest BCUT2D eigenvalue weighted by Gasteiger charge is -2.03. The van der Waals surface area contributed by atoms with Crippen LogP contribution in [0.2, 0.25) is 0 Å². The number of amides is 1. The van der Waals surface area contributed by atoms with Crippen molar-refractivity contribution in [3.05, 3.63) is 12.0 Å². The Bertz CT molecular complexity index is 431. The molecule has 0 aromatic carbocycles. The van der Waals surface area contributed by atoms with Crippen LogP contribution in [0.25, 0.3) is 0 Å². The van der Waals surface area contributed by atoms with E-state index in [9.17, 15) is 4.79 Å². The number of aromatic nitrogens is 2. The van der Waals surface area contributed by atoms with E-state index in [0.717, 1.165) is 25.7 Å². The molecule has 0 saturated carbocycles. The Morgan fingerprint density at radius 3 is 2.83 bits per heavy atom. The van der Waals surface area contributed by atoms with Crippen molar-refractivity contribution in [3.63, 3.8) is 0 Å². The Morgan fingerprint density at radius 2 is 2.22 bits per heavy atom. The Balaban J connectivity index is 2.49. The van der Waals surface area contributed by atoms with Gasteiger partial charge >= 0.3 is 0 Å². The van der Waals surface area contributed by atoms with Crippen LogP contribution in [0.5, 0.6) is 0 Å². The Labute approximate surface area is 108 Å². The summed E-state index contributed by atoms with van der Waals surface area (Å²) in [6.07, 6.45) is 6.33. The van der Waals surface area contributed by atoms with Crippen LogP contribution in [0.3, 0.4) is 0 Å². The second-order valence-corrected chi connectivity index (χ2v) is 4.20. The SMILES string of the molecule is CCCCCCC(=O)Nc1ncn(CC)c1C#N. The molecule has 5 nitrogen and oxygen atoms in total. The molecule has 1 rings (SSSR count). The van der Waals surface area contributed by atoms with Crippen molar-refractivity contribution in [1.29, 1.82) is 5.26 Å². The smallest absolute Gasteiger partial charge is 0.225 e. The van der Waals surface area contributed by atoms with Crippen LogP contribution < -0.4 is 5.32 Å². The number of aryl methyl sites for hydroxylation is 1. The van der Waals surface area contributed by atoms with Gasteiger partial charge in [0.15, 0.2) is 11.5 Å². The molecule has 98 valence electrons. The van der Waals surface area contributed by atoms with Gasteiger partial charge in [-0.25, -0.2) is 4.98 Å². The van der Waals surface area contributed by atoms with Crippen LogP contribution in [-0.2, 0) is 11.3 Å². The molecular formula is C13H20N4O. The third-order valence-electron chi connectivity index (χ3n) is 2.80. The topological polar surface area (TPSA) is 70.7 Å². The zero-order chi connectivity index (χ0) is 13.4. The average molecular weight is 248 g/mol. The number of nitriles is 1. The monoisotopic (exact) mass is 248 g/mol. The molecule has 18 heavy (non-hydrogen) atoms. The van der Waals surface area contributed by atoms with Gasteiger partial charge < -0.3 is 9.88 Å². The zero-order valence-corrected chi connectivity index (χ0v) is 11.1. The number of unbranched alkanes of at least 4 members (excludes halogenated alkanes) is 3. The largest absolute Gasteiger partial charge is 0.321 e. The number of carbonyl (C=O) groups excluding carboxylic acids is 1. The highest BCUT2D eigenvalue weighted by Crippen LogP contribution is 2.13. The molecule has 0 atom stereocenters. The third-order valence-corrected chi connectivity index (χ3v) is 2.80. The van der Waals surface area contributed by atoms with Gasteiger partial charge in [0, 0.05) is 13.0 Å². The molecule has 5 heteroatoms. The summed E-state index contributed by atoms with van der Waals surface area (Å²) < 4.78 is 1.71. The highest BCUT2D eigenvalue weighted by molar-refractivity contribution is 5.90. The molecule has 1 amide bonds. The summed E-state index contributed by atoms with van der Waals surface area (Å²) in [6.45, 7) is 4.73. The van der Waals surface area contributed by atoms with Crippen molar-refractivity contribution in [3.8, 4) is 6.07 Å². The predicted molar refractivity (Wildman–Crippen MR) is 70.0 cm³/mol. The van der Waals surface area contributed by atoms with E-state index in [0.29, 0.717) is 24.5 Å². The molecule has 0 saturated heterocycles. The molecule has 0 aliphatic carbocycles.